The van der Waals surface area contributed by atoms with Gasteiger partial charge in [0.25, 0.3) is 0 Å². The third-order valence-corrected chi connectivity index (χ3v) is 7.37. The van der Waals surface area contributed by atoms with Crippen molar-refractivity contribution in [3.8, 4) is 0 Å². The zero-order chi connectivity index (χ0) is 17.2. The van der Waals surface area contributed by atoms with Crippen molar-refractivity contribution in [3.63, 3.8) is 0 Å². The summed E-state index contributed by atoms with van der Waals surface area (Å²) in [5, 5.41) is 2.65. The van der Waals surface area contributed by atoms with Crippen LogP contribution in [0.4, 0.5) is 0 Å². The van der Waals surface area contributed by atoms with Gasteiger partial charge in [0.1, 0.15) is 0 Å². The molecule has 0 N–H and O–H groups in total. The van der Waals surface area contributed by atoms with Crippen LogP contribution in [0.3, 0.4) is 0 Å². The molecule has 0 aliphatic rings. The first-order valence-electron chi connectivity index (χ1n) is 8.25. The van der Waals surface area contributed by atoms with Gasteiger partial charge in [-0.15, -0.1) is 0 Å². The SMILES string of the molecule is CC(C)(C)c1cccc(P(=O)(c2ccccc2)c2ccccc2)c1. The molecule has 3 aromatic carbocycles. The second-order valence-electron chi connectivity index (χ2n) is 7.08. The van der Waals surface area contributed by atoms with E-state index in [0.717, 1.165) is 15.9 Å². The van der Waals surface area contributed by atoms with Gasteiger partial charge in [-0.3, -0.25) is 0 Å². The molecule has 24 heavy (non-hydrogen) atoms. The first-order valence-corrected chi connectivity index (χ1v) is 9.95. The van der Waals surface area contributed by atoms with Crippen molar-refractivity contribution in [2.24, 2.45) is 0 Å². The van der Waals surface area contributed by atoms with E-state index in [0.29, 0.717) is 0 Å². The Labute approximate surface area is 144 Å². The molecular weight excluding hydrogens is 311 g/mol. The lowest BCUT2D eigenvalue weighted by atomic mass is 9.87. The molecule has 0 saturated carbocycles. The molecular formula is C22H23OP. The van der Waals surface area contributed by atoms with E-state index in [1.165, 1.54) is 5.56 Å². The summed E-state index contributed by atoms with van der Waals surface area (Å²) in [5.41, 5.74) is 1.22. The van der Waals surface area contributed by atoms with Crippen LogP contribution < -0.4 is 15.9 Å². The molecule has 0 fully saturated rings. The maximum absolute atomic E-state index is 14.3. The molecule has 2 heteroatoms. The van der Waals surface area contributed by atoms with E-state index in [1.54, 1.807) is 0 Å². The second-order valence-corrected chi connectivity index (χ2v) is 9.85. The highest BCUT2D eigenvalue weighted by atomic mass is 31.2. The van der Waals surface area contributed by atoms with E-state index in [4.69, 9.17) is 0 Å². The standard InChI is InChI=1S/C22H23OP/c1-22(2,3)18-11-10-16-21(17-18)24(23,19-12-6-4-7-13-19)20-14-8-5-9-15-20/h4-17H,1-3H3. The normalized spacial score (nSPS) is 12.1. The van der Waals surface area contributed by atoms with Crippen LogP contribution in [0.2, 0.25) is 0 Å². The monoisotopic (exact) mass is 334 g/mol. The fourth-order valence-corrected chi connectivity index (χ4v) is 5.59. The topological polar surface area (TPSA) is 17.1 Å². The van der Waals surface area contributed by atoms with Crippen molar-refractivity contribution >= 4 is 23.1 Å². The molecule has 0 amide bonds. The van der Waals surface area contributed by atoms with Crippen LogP contribution in [-0.4, -0.2) is 0 Å². The predicted molar refractivity (Wildman–Crippen MR) is 105 cm³/mol. The first-order chi connectivity index (χ1) is 11.4. The average molecular weight is 334 g/mol. The Hall–Kier alpha value is -2.11. The molecule has 3 aromatic rings. The molecule has 0 aromatic heterocycles. The lowest BCUT2D eigenvalue weighted by Crippen LogP contribution is -2.26. The molecule has 3 rings (SSSR count). The highest BCUT2D eigenvalue weighted by Gasteiger charge is 2.30. The van der Waals surface area contributed by atoms with Crippen molar-refractivity contribution in [1.29, 1.82) is 0 Å². The van der Waals surface area contributed by atoms with E-state index < -0.39 is 7.14 Å². The largest absolute Gasteiger partial charge is 0.309 e. The molecule has 0 radical (unpaired) electrons. The van der Waals surface area contributed by atoms with E-state index >= 15 is 0 Å². The minimum atomic E-state index is -2.87. The number of rotatable bonds is 3. The van der Waals surface area contributed by atoms with Crippen molar-refractivity contribution in [2.45, 2.75) is 26.2 Å². The lowest BCUT2D eigenvalue weighted by molar-refractivity contribution is 0.588. The van der Waals surface area contributed by atoms with Gasteiger partial charge in [-0.1, -0.05) is 99.6 Å². The van der Waals surface area contributed by atoms with Gasteiger partial charge in [0, 0.05) is 15.9 Å². The zero-order valence-electron chi connectivity index (χ0n) is 14.4. The Morgan fingerprint density at radius 1 is 0.625 bits per heavy atom. The van der Waals surface area contributed by atoms with Crippen LogP contribution in [0.1, 0.15) is 26.3 Å². The van der Waals surface area contributed by atoms with Gasteiger partial charge < -0.3 is 4.57 Å². The van der Waals surface area contributed by atoms with Crippen LogP contribution in [0.5, 0.6) is 0 Å². The van der Waals surface area contributed by atoms with E-state index in [9.17, 15) is 4.57 Å². The third kappa shape index (κ3) is 3.09. The molecule has 0 aliphatic heterocycles. The van der Waals surface area contributed by atoms with Gasteiger partial charge >= 0.3 is 0 Å². The molecule has 0 unspecified atom stereocenters. The molecule has 0 aliphatic carbocycles. The second kappa shape index (κ2) is 6.42. The Morgan fingerprint density at radius 3 is 1.54 bits per heavy atom. The summed E-state index contributed by atoms with van der Waals surface area (Å²) in [4.78, 5) is 0. The van der Waals surface area contributed by atoms with Gasteiger partial charge in [0.2, 0.25) is 0 Å². The molecule has 0 spiro atoms. The van der Waals surface area contributed by atoms with Crippen LogP contribution >= 0.6 is 7.14 Å². The lowest BCUT2D eigenvalue weighted by Gasteiger charge is -2.24. The maximum Gasteiger partial charge on any atom is 0.171 e. The molecule has 0 bridgehead atoms. The summed E-state index contributed by atoms with van der Waals surface area (Å²) < 4.78 is 14.3. The highest BCUT2D eigenvalue weighted by Crippen LogP contribution is 2.42. The Morgan fingerprint density at radius 2 is 1.08 bits per heavy atom. The third-order valence-electron chi connectivity index (χ3n) is 4.32. The van der Waals surface area contributed by atoms with Gasteiger partial charge in [-0.25, -0.2) is 0 Å². The molecule has 0 saturated heterocycles. The zero-order valence-corrected chi connectivity index (χ0v) is 15.3. The minimum absolute atomic E-state index is 0.0220. The molecule has 0 heterocycles. The summed E-state index contributed by atoms with van der Waals surface area (Å²) >= 11 is 0. The number of hydrogen-bond donors (Lipinski definition) is 0. The minimum Gasteiger partial charge on any atom is -0.309 e. The Bertz CT molecular complexity index is 818. The van der Waals surface area contributed by atoms with Gasteiger partial charge in [-0.05, 0) is 17.0 Å². The quantitative estimate of drug-likeness (QED) is 0.639. The summed E-state index contributed by atoms with van der Waals surface area (Å²) in [6.45, 7) is 6.55. The van der Waals surface area contributed by atoms with E-state index in [1.807, 2.05) is 72.8 Å². The summed E-state index contributed by atoms with van der Waals surface area (Å²) in [5.74, 6) is 0. The Kier molecular flexibility index (Phi) is 4.47. The van der Waals surface area contributed by atoms with Crippen LogP contribution in [-0.2, 0) is 9.98 Å². The Balaban J connectivity index is 2.26. The number of hydrogen-bond acceptors (Lipinski definition) is 1. The van der Waals surface area contributed by atoms with Crippen molar-refractivity contribution in [3.05, 3.63) is 90.5 Å². The first kappa shape index (κ1) is 16.7. The van der Waals surface area contributed by atoms with E-state index in [-0.39, 0.29) is 5.41 Å². The van der Waals surface area contributed by atoms with Crippen molar-refractivity contribution in [2.75, 3.05) is 0 Å². The molecule has 1 nitrogen and oxygen atoms in total. The molecule has 122 valence electrons. The summed E-state index contributed by atoms with van der Waals surface area (Å²) in [7, 11) is -2.87. The predicted octanol–water partition coefficient (Wildman–Crippen LogP) is 4.62. The average Bonchev–Trinajstić information content (AvgIpc) is 2.62. The van der Waals surface area contributed by atoms with E-state index in [2.05, 4.69) is 32.9 Å². The van der Waals surface area contributed by atoms with Crippen molar-refractivity contribution in [1.82, 2.24) is 0 Å². The summed E-state index contributed by atoms with van der Waals surface area (Å²) in [6, 6.07) is 27.9. The fourth-order valence-electron chi connectivity index (χ4n) is 2.89. The van der Waals surface area contributed by atoms with Gasteiger partial charge in [0.15, 0.2) is 7.14 Å². The van der Waals surface area contributed by atoms with Crippen LogP contribution in [0, 0.1) is 0 Å². The summed E-state index contributed by atoms with van der Waals surface area (Å²) in [6.07, 6.45) is 0. The number of benzene rings is 3. The smallest absolute Gasteiger partial charge is 0.171 e. The fraction of sp³-hybridized carbons (Fsp3) is 0.182. The van der Waals surface area contributed by atoms with Crippen molar-refractivity contribution < 1.29 is 4.57 Å². The van der Waals surface area contributed by atoms with Crippen LogP contribution in [0.15, 0.2) is 84.9 Å². The highest BCUT2D eigenvalue weighted by molar-refractivity contribution is 7.85. The van der Waals surface area contributed by atoms with Gasteiger partial charge in [-0.2, -0.15) is 0 Å². The maximum atomic E-state index is 14.3. The molecule has 0 atom stereocenters. The van der Waals surface area contributed by atoms with Crippen LogP contribution in [0.25, 0.3) is 0 Å². The van der Waals surface area contributed by atoms with Gasteiger partial charge in [0.05, 0.1) is 0 Å².